The van der Waals surface area contributed by atoms with Crippen LogP contribution in [0.25, 0.3) is 0 Å². The van der Waals surface area contributed by atoms with Crippen molar-refractivity contribution in [3.8, 4) is 0 Å². The second kappa shape index (κ2) is 4.68. The first-order chi connectivity index (χ1) is 9.15. The topological polar surface area (TPSA) is 49.4 Å². The fourth-order valence-corrected chi connectivity index (χ4v) is 2.49. The van der Waals surface area contributed by atoms with Crippen LogP contribution in [-0.2, 0) is 9.59 Å². The van der Waals surface area contributed by atoms with Crippen LogP contribution in [0.1, 0.15) is 31.2 Å². The minimum atomic E-state index is -0.337. The van der Waals surface area contributed by atoms with E-state index in [1.54, 1.807) is 4.90 Å². The molecule has 1 aromatic carbocycles. The highest BCUT2D eigenvalue weighted by Crippen LogP contribution is 2.28. The maximum atomic E-state index is 12.2. The number of hydrogen-bond acceptors (Lipinski definition) is 2. The van der Waals surface area contributed by atoms with Crippen molar-refractivity contribution in [1.29, 1.82) is 0 Å². The Morgan fingerprint density at radius 2 is 1.89 bits per heavy atom. The van der Waals surface area contributed by atoms with Gasteiger partial charge in [0.2, 0.25) is 11.8 Å². The lowest BCUT2D eigenvalue weighted by Gasteiger charge is -2.24. The number of carbonyl (C=O) groups is 2. The average Bonchev–Trinajstić information content (AvgIpc) is 3.11. The lowest BCUT2D eigenvalue weighted by molar-refractivity contribution is -0.124. The van der Waals surface area contributed by atoms with Gasteiger partial charge in [-0.2, -0.15) is 0 Å². The minimum Gasteiger partial charge on any atom is -0.352 e. The van der Waals surface area contributed by atoms with Gasteiger partial charge in [0.1, 0.15) is 6.04 Å². The van der Waals surface area contributed by atoms with Crippen LogP contribution in [0.5, 0.6) is 0 Å². The molecule has 2 fully saturated rings. The van der Waals surface area contributed by atoms with Gasteiger partial charge in [0.05, 0.1) is 0 Å². The number of benzene rings is 1. The summed E-state index contributed by atoms with van der Waals surface area (Å²) < 4.78 is 0. The Hall–Kier alpha value is -1.84. The molecular formula is C15H18N2O2. The Bertz CT molecular complexity index is 505. The molecule has 0 radical (unpaired) electrons. The largest absolute Gasteiger partial charge is 0.352 e. The van der Waals surface area contributed by atoms with Crippen molar-refractivity contribution in [2.24, 2.45) is 0 Å². The van der Waals surface area contributed by atoms with Gasteiger partial charge in [-0.3, -0.25) is 14.5 Å². The molecule has 1 saturated heterocycles. The molecule has 2 aliphatic rings. The monoisotopic (exact) mass is 258 g/mol. The fourth-order valence-electron chi connectivity index (χ4n) is 2.49. The van der Waals surface area contributed by atoms with Gasteiger partial charge in [-0.25, -0.2) is 0 Å². The second-order valence-corrected chi connectivity index (χ2v) is 5.44. The Kier molecular flexibility index (Phi) is 3.01. The summed E-state index contributed by atoms with van der Waals surface area (Å²) in [6.45, 7) is 2.01. The Morgan fingerprint density at radius 3 is 2.53 bits per heavy atom. The minimum absolute atomic E-state index is 0.00562. The summed E-state index contributed by atoms with van der Waals surface area (Å²) in [7, 11) is 0. The third kappa shape index (κ3) is 2.48. The molecule has 19 heavy (non-hydrogen) atoms. The molecule has 1 N–H and O–H groups in total. The van der Waals surface area contributed by atoms with Crippen molar-refractivity contribution in [1.82, 2.24) is 5.32 Å². The summed E-state index contributed by atoms with van der Waals surface area (Å²) in [6, 6.07) is 7.76. The van der Waals surface area contributed by atoms with E-state index in [2.05, 4.69) is 5.32 Å². The summed E-state index contributed by atoms with van der Waals surface area (Å²) in [5, 5.41) is 2.99. The van der Waals surface area contributed by atoms with Crippen LogP contribution < -0.4 is 10.2 Å². The summed E-state index contributed by atoms with van der Waals surface area (Å²) >= 11 is 0. The van der Waals surface area contributed by atoms with Crippen LogP contribution in [0.15, 0.2) is 24.3 Å². The maximum absolute atomic E-state index is 12.2. The van der Waals surface area contributed by atoms with Gasteiger partial charge >= 0.3 is 0 Å². The van der Waals surface area contributed by atoms with Crippen molar-refractivity contribution in [2.45, 2.75) is 44.7 Å². The molecular weight excluding hydrogens is 240 g/mol. The van der Waals surface area contributed by atoms with Gasteiger partial charge in [-0.1, -0.05) is 17.7 Å². The molecule has 1 aliphatic carbocycles. The van der Waals surface area contributed by atoms with Crippen molar-refractivity contribution >= 4 is 17.5 Å². The first-order valence-corrected chi connectivity index (χ1v) is 6.84. The standard InChI is InChI=1S/C15H18N2O2/c1-10-2-6-12(7-3-10)17-13(8-9-14(17)18)15(19)16-11-4-5-11/h2-3,6-7,11,13H,4-5,8-9H2,1H3,(H,16,19). The average molecular weight is 258 g/mol. The molecule has 0 spiro atoms. The van der Waals surface area contributed by atoms with Gasteiger partial charge in [0, 0.05) is 18.2 Å². The van der Waals surface area contributed by atoms with Crippen molar-refractivity contribution in [2.75, 3.05) is 4.90 Å². The summed E-state index contributed by atoms with van der Waals surface area (Å²) in [6.07, 6.45) is 3.20. The van der Waals surface area contributed by atoms with Crippen LogP contribution in [0.3, 0.4) is 0 Å². The zero-order chi connectivity index (χ0) is 13.4. The highest BCUT2D eigenvalue weighted by Gasteiger charge is 2.38. The smallest absolute Gasteiger partial charge is 0.243 e. The molecule has 1 heterocycles. The van der Waals surface area contributed by atoms with E-state index in [4.69, 9.17) is 0 Å². The van der Waals surface area contributed by atoms with E-state index in [9.17, 15) is 9.59 Å². The molecule has 2 amide bonds. The van der Waals surface area contributed by atoms with E-state index in [1.165, 1.54) is 0 Å². The molecule has 3 rings (SSSR count). The number of nitrogens with zero attached hydrogens (tertiary/aromatic N) is 1. The number of rotatable bonds is 3. The summed E-state index contributed by atoms with van der Waals surface area (Å²) in [5.41, 5.74) is 1.97. The first-order valence-electron chi connectivity index (χ1n) is 6.84. The van der Waals surface area contributed by atoms with Crippen molar-refractivity contribution in [3.05, 3.63) is 29.8 Å². The normalized spacial score (nSPS) is 22.7. The molecule has 4 nitrogen and oxygen atoms in total. The molecule has 100 valence electrons. The molecule has 1 aliphatic heterocycles. The quantitative estimate of drug-likeness (QED) is 0.898. The highest BCUT2D eigenvalue weighted by molar-refractivity contribution is 6.03. The number of amides is 2. The lowest BCUT2D eigenvalue weighted by atomic mass is 10.1. The van der Waals surface area contributed by atoms with E-state index in [0.29, 0.717) is 18.9 Å². The van der Waals surface area contributed by atoms with Crippen LogP contribution in [0.2, 0.25) is 0 Å². The van der Waals surface area contributed by atoms with Gasteiger partial charge in [-0.05, 0) is 38.3 Å². The predicted molar refractivity (Wildman–Crippen MR) is 72.9 cm³/mol. The van der Waals surface area contributed by atoms with E-state index in [-0.39, 0.29) is 17.9 Å². The number of hydrogen-bond donors (Lipinski definition) is 1. The fraction of sp³-hybridized carbons (Fsp3) is 0.467. The van der Waals surface area contributed by atoms with Gasteiger partial charge in [0.15, 0.2) is 0 Å². The van der Waals surface area contributed by atoms with Gasteiger partial charge in [0.25, 0.3) is 0 Å². The Labute approximate surface area is 112 Å². The van der Waals surface area contributed by atoms with Crippen LogP contribution in [0, 0.1) is 6.92 Å². The van der Waals surface area contributed by atoms with Crippen LogP contribution >= 0.6 is 0 Å². The number of nitrogens with one attached hydrogen (secondary N) is 1. The Morgan fingerprint density at radius 1 is 1.21 bits per heavy atom. The number of anilines is 1. The maximum Gasteiger partial charge on any atom is 0.243 e. The van der Waals surface area contributed by atoms with E-state index in [1.807, 2.05) is 31.2 Å². The molecule has 1 aromatic rings. The van der Waals surface area contributed by atoms with E-state index in [0.717, 1.165) is 24.1 Å². The summed E-state index contributed by atoms with van der Waals surface area (Å²) in [4.78, 5) is 25.9. The van der Waals surface area contributed by atoms with E-state index < -0.39 is 0 Å². The van der Waals surface area contributed by atoms with Crippen molar-refractivity contribution in [3.63, 3.8) is 0 Å². The van der Waals surface area contributed by atoms with Gasteiger partial charge < -0.3 is 5.32 Å². The zero-order valence-electron chi connectivity index (χ0n) is 11.1. The SMILES string of the molecule is Cc1ccc(N2C(=O)CCC2C(=O)NC2CC2)cc1. The number of carbonyl (C=O) groups excluding carboxylic acids is 2. The van der Waals surface area contributed by atoms with Gasteiger partial charge in [-0.15, -0.1) is 0 Å². The molecule has 1 atom stereocenters. The second-order valence-electron chi connectivity index (χ2n) is 5.44. The summed E-state index contributed by atoms with van der Waals surface area (Å²) in [5.74, 6) is 0.0359. The van der Waals surface area contributed by atoms with Crippen molar-refractivity contribution < 1.29 is 9.59 Å². The third-order valence-corrected chi connectivity index (χ3v) is 3.75. The molecule has 1 unspecified atom stereocenters. The molecule has 0 aromatic heterocycles. The van der Waals surface area contributed by atoms with Crippen LogP contribution in [-0.4, -0.2) is 23.9 Å². The van der Waals surface area contributed by atoms with Crippen LogP contribution in [0.4, 0.5) is 5.69 Å². The number of aryl methyl sites for hydroxylation is 1. The first kappa shape index (κ1) is 12.2. The molecule has 0 bridgehead atoms. The molecule has 1 saturated carbocycles. The molecule has 4 heteroatoms. The zero-order valence-corrected chi connectivity index (χ0v) is 11.1. The Balaban J connectivity index is 1.81. The van der Waals surface area contributed by atoms with E-state index >= 15 is 0 Å². The lowest BCUT2D eigenvalue weighted by Crippen LogP contribution is -2.45. The third-order valence-electron chi connectivity index (χ3n) is 3.75. The predicted octanol–water partition coefficient (Wildman–Crippen LogP) is 1.77. The highest BCUT2D eigenvalue weighted by atomic mass is 16.2.